The van der Waals surface area contributed by atoms with Gasteiger partial charge in [-0.1, -0.05) is 49.9 Å². The second-order valence-corrected chi connectivity index (χ2v) is 9.31. The summed E-state index contributed by atoms with van der Waals surface area (Å²) in [6, 6.07) is 5.56. The van der Waals surface area contributed by atoms with E-state index in [0.29, 0.717) is 37.1 Å². The summed E-state index contributed by atoms with van der Waals surface area (Å²) in [4.78, 5) is 13.0. The van der Waals surface area contributed by atoms with Gasteiger partial charge >= 0.3 is 0 Å². The van der Waals surface area contributed by atoms with Gasteiger partial charge in [-0.05, 0) is 49.3 Å². The standard InChI is InChI=1S/C18H24ClNO3S/c1-2-18(12-11-14-15(18)9-6-10-16(14)19)17(21)20-24(22,23)13-7-4-3-5-8-13/h6,9-10,13H,2-5,7-8,11-12H2,1H3,(H,20,21). The van der Waals surface area contributed by atoms with Crippen LogP contribution in [0.5, 0.6) is 0 Å². The highest BCUT2D eigenvalue weighted by atomic mass is 35.5. The lowest BCUT2D eigenvalue weighted by Gasteiger charge is -2.29. The molecule has 1 aromatic carbocycles. The summed E-state index contributed by atoms with van der Waals surface area (Å²) in [7, 11) is -3.61. The molecular formula is C18H24ClNO3S. The lowest BCUT2D eigenvalue weighted by atomic mass is 9.79. The molecular weight excluding hydrogens is 346 g/mol. The first-order valence-corrected chi connectivity index (χ1v) is 10.7. The van der Waals surface area contributed by atoms with Crippen molar-refractivity contribution in [2.75, 3.05) is 0 Å². The Bertz CT molecular complexity index is 741. The third-order valence-electron chi connectivity index (χ3n) is 5.70. The van der Waals surface area contributed by atoms with E-state index in [2.05, 4.69) is 4.72 Å². The van der Waals surface area contributed by atoms with E-state index in [-0.39, 0.29) is 0 Å². The first-order chi connectivity index (χ1) is 11.4. The lowest BCUT2D eigenvalue weighted by Crippen LogP contribution is -2.48. The number of carbonyl (C=O) groups excluding carboxylic acids is 1. The Hall–Kier alpha value is -1.07. The molecule has 1 amide bonds. The molecule has 0 bridgehead atoms. The number of fused-ring (bicyclic) bond motifs is 1. The average molecular weight is 370 g/mol. The van der Waals surface area contributed by atoms with Crippen molar-refractivity contribution in [1.82, 2.24) is 4.72 Å². The summed E-state index contributed by atoms with van der Waals surface area (Å²) in [5, 5.41) is 0.218. The number of nitrogens with one attached hydrogen (secondary N) is 1. The van der Waals surface area contributed by atoms with Crippen molar-refractivity contribution < 1.29 is 13.2 Å². The zero-order valence-corrected chi connectivity index (χ0v) is 15.5. The summed E-state index contributed by atoms with van der Waals surface area (Å²) in [6.45, 7) is 1.93. The van der Waals surface area contributed by atoms with Gasteiger partial charge in [-0.3, -0.25) is 9.52 Å². The number of hydrogen-bond donors (Lipinski definition) is 1. The Morgan fingerprint density at radius 2 is 2.00 bits per heavy atom. The zero-order valence-electron chi connectivity index (χ0n) is 14.0. The molecule has 0 aliphatic heterocycles. The molecule has 2 aliphatic carbocycles. The summed E-state index contributed by atoms with van der Waals surface area (Å²) in [5.74, 6) is -0.392. The predicted octanol–water partition coefficient (Wildman–Crippen LogP) is 3.71. The topological polar surface area (TPSA) is 63.2 Å². The SMILES string of the molecule is CCC1(C(=O)NS(=O)(=O)C2CCCCC2)CCc2c(Cl)cccc21. The van der Waals surface area contributed by atoms with Gasteiger partial charge in [0.25, 0.3) is 0 Å². The maximum atomic E-state index is 13.0. The molecule has 0 radical (unpaired) electrons. The van der Waals surface area contributed by atoms with Crippen LogP contribution < -0.4 is 4.72 Å². The molecule has 3 rings (SSSR count). The molecule has 24 heavy (non-hydrogen) atoms. The summed E-state index contributed by atoms with van der Waals surface area (Å²) in [6.07, 6.45) is 6.06. The summed E-state index contributed by atoms with van der Waals surface area (Å²) < 4.78 is 27.7. The molecule has 6 heteroatoms. The highest BCUT2D eigenvalue weighted by molar-refractivity contribution is 7.90. The number of amides is 1. The minimum Gasteiger partial charge on any atom is -0.273 e. The Balaban J connectivity index is 1.88. The molecule has 1 fully saturated rings. The van der Waals surface area contributed by atoms with E-state index in [9.17, 15) is 13.2 Å². The Kier molecular flexibility index (Phi) is 4.94. The highest BCUT2D eigenvalue weighted by Gasteiger charge is 2.46. The molecule has 1 N–H and O–H groups in total. The van der Waals surface area contributed by atoms with E-state index in [1.165, 1.54) is 0 Å². The molecule has 0 saturated heterocycles. The van der Waals surface area contributed by atoms with E-state index in [0.717, 1.165) is 30.4 Å². The zero-order chi connectivity index (χ0) is 17.4. The van der Waals surface area contributed by atoms with Crippen LogP contribution >= 0.6 is 11.6 Å². The van der Waals surface area contributed by atoms with E-state index < -0.39 is 26.6 Å². The van der Waals surface area contributed by atoms with Crippen LogP contribution in [0.2, 0.25) is 5.02 Å². The lowest BCUT2D eigenvalue weighted by molar-refractivity contribution is -0.125. The van der Waals surface area contributed by atoms with Gasteiger partial charge in [0.05, 0.1) is 10.7 Å². The van der Waals surface area contributed by atoms with Crippen LogP contribution in [0.4, 0.5) is 0 Å². The van der Waals surface area contributed by atoms with Crippen molar-refractivity contribution in [2.45, 2.75) is 69.0 Å². The van der Waals surface area contributed by atoms with Crippen LogP contribution in [-0.4, -0.2) is 19.6 Å². The molecule has 1 aromatic rings. The van der Waals surface area contributed by atoms with Crippen LogP contribution in [0, 0.1) is 0 Å². The maximum Gasteiger partial charge on any atom is 0.244 e. The minimum absolute atomic E-state index is 0.392. The molecule has 0 aromatic heterocycles. The minimum atomic E-state index is -3.61. The first-order valence-electron chi connectivity index (χ1n) is 8.74. The van der Waals surface area contributed by atoms with Crippen LogP contribution in [0.15, 0.2) is 18.2 Å². The van der Waals surface area contributed by atoms with E-state index in [1.807, 2.05) is 25.1 Å². The first kappa shape index (κ1) is 17.7. The molecule has 0 spiro atoms. The average Bonchev–Trinajstić information content (AvgIpc) is 2.97. The monoisotopic (exact) mass is 369 g/mol. The van der Waals surface area contributed by atoms with Gasteiger partial charge in [-0.2, -0.15) is 0 Å². The van der Waals surface area contributed by atoms with E-state index in [1.54, 1.807) is 0 Å². The second kappa shape index (κ2) is 6.68. The van der Waals surface area contributed by atoms with E-state index >= 15 is 0 Å². The largest absolute Gasteiger partial charge is 0.273 e. The van der Waals surface area contributed by atoms with Gasteiger partial charge in [-0.15, -0.1) is 0 Å². The fraction of sp³-hybridized carbons (Fsp3) is 0.611. The van der Waals surface area contributed by atoms with Gasteiger partial charge in [-0.25, -0.2) is 8.42 Å². The van der Waals surface area contributed by atoms with Crippen LogP contribution in [-0.2, 0) is 26.7 Å². The van der Waals surface area contributed by atoms with Crippen molar-refractivity contribution in [2.24, 2.45) is 0 Å². The van der Waals surface area contributed by atoms with Gasteiger partial charge in [0, 0.05) is 5.02 Å². The third kappa shape index (κ3) is 2.97. The van der Waals surface area contributed by atoms with Gasteiger partial charge in [0.2, 0.25) is 15.9 Å². The number of sulfonamides is 1. The van der Waals surface area contributed by atoms with Crippen molar-refractivity contribution in [3.8, 4) is 0 Å². The van der Waals surface area contributed by atoms with Crippen molar-refractivity contribution in [3.05, 3.63) is 34.3 Å². The van der Waals surface area contributed by atoms with Crippen molar-refractivity contribution in [3.63, 3.8) is 0 Å². The van der Waals surface area contributed by atoms with Crippen LogP contribution in [0.1, 0.15) is 63.0 Å². The molecule has 0 heterocycles. The molecule has 1 unspecified atom stereocenters. The number of carbonyl (C=O) groups is 1. The highest BCUT2D eigenvalue weighted by Crippen LogP contribution is 2.44. The van der Waals surface area contributed by atoms with Crippen LogP contribution in [0.25, 0.3) is 0 Å². The quantitative estimate of drug-likeness (QED) is 0.879. The summed E-state index contributed by atoms with van der Waals surface area (Å²) in [5.41, 5.74) is 1.07. The van der Waals surface area contributed by atoms with Crippen molar-refractivity contribution >= 4 is 27.5 Å². The van der Waals surface area contributed by atoms with Crippen LogP contribution in [0.3, 0.4) is 0 Å². The maximum absolute atomic E-state index is 13.0. The van der Waals surface area contributed by atoms with Gasteiger partial charge in [0.15, 0.2) is 0 Å². The second-order valence-electron chi connectivity index (χ2n) is 6.94. The normalized spacial score (nSPS) is 24.6. The number of rotatable bonds is 4. The Labute approximate surface area is 149 Å². The fourth-order valence-electron chi connectivity index (χ4n) is 4.18. The molecule has 1 atom stereocenters. The molecule has 1 saturated carbocycles. The fourth-order valence-corrected chi connectivity index (χ4v) is 6.03. The number of halogens is 1. The smallest absolute Gasteiger partial charge is 0.244 e. The molecule has 132 valence electrons. The number of hydrogen-bond acceptors (Lipinski definition) is 3. The Morgan fingerprint density at radius 1 is 1.29 bits per heavy atom. The van der Waals surface area contributed by atoms with Gasteiger partial charge < -0.3 is 0 Å². The molecule has 4 nitrogen and oxygen atoms in total. The third-order valence-corrected chi connectivity index (χ3v) is 7.87. The van der Waals surface area contributed by atoms with E-state index in [4.69, 9.17) is 11.6 Å². The summed E-state index contributed by atoms with van der Waals surface area (Å²) >= 11 is 6.26. The van der Waals surface area contributed by atoms with Gasteiger partial charge in [0.1, 0.15) is 0 Å². The van der Waals surface area contributed by atoms with Crippen molar-refractivity contribution in [1.29, 1.82) is 0 Å². The Morgan fingerprint density at radius 3 is 2.67 bits per heavy atom. The molecule has 2 aliphatic rings. The number of benzene rings is 1. The predicted molar refractivity (Wildman–Crippen MR) is 95.7 cm³/mol.